The third-order valence-electron chi connectivity index (χ3n) is 5.49. The average molecular weight is 459 g/mol. The van der Waals surface area contributed by atoms with Crippen LogP contribution in [0.15, 0.2) is 47.4 Å². The third kappa shape index (κ3) is 5.25. The van der Waals surface area contributed by atoms with E-state index in [0.29, 0.717) is 17.9 Å². The Balaban J connectivity index is 2.05. The number of ether oxygens (including phenoxy) is 2. The number of hydrogen-bond acceptors (Lipinski definition) is 6. The lowest BCUT2D eigenvalue weighted by Crippen LogP contribution is -2.49. The lowest BCUT2D eigenvalue weighted by atomic mass is 10.0. The van der Waals surface area contributed by atoms with E-state index in [4.69, 9.17) is 9.47 Å². The number of rotatable bonds is 5. The minimum atomic E-state index is -3.85. The predicted molar refractivity (Wildman–Crippen MR) is 123 cm³/mol. The van der Waals surface area contributed by atoms with Gasteiger partial charge in [0, 0.05) is 36.2 Å². The highest BCUT2D eigenvalue weighted by molar-refractivity contribution is 7.89. The number of aliphatic hydroxyl groups is 1. The molecule has 0 bridgehead atoms. The first-order valence-corrected chi connectivity index (χ1v) is 12.0. The van der Waals surface area contributed by atoms with Crippen LogP contribution in [-0.4, -0.2) is 63.8 Å². The topological polar surface area (TPSA) is 88.1 Å². The van der Waals surface area contributed by atoms with Crippen molar-refractivity contribution in [3.05, 3.63) is 53.6 Å². The fourth-order valence-corrected chi connectivity index (χ4v) is 5.42. The summed E-state index contributed by atoms with van der Waals surface area (Å²) in [7, 11) is -0.425. The summed E-state index contributed by atoms with van der Waals surface area (Å²) in [5.74, 6) is 7.05. The Morgan fingerprint density at radius 1 is 1.25 bits per heavy atom. The molecule has 172 valence electrons. The van der Waals surface area contributed by atoms with E-state index < -0.39 is 16.1 Å². The van der Waals surface area contributed by atoms with Gasteiger partial charge in [-0.25, -0.2) is 8.42 Å². The fraction of sp³-hybridized carbons (Fsp3) is 0.417. The van der Waals surface area contributed by atoms with Gasteiger partial charge in [0.15, 0.2) is 0 Å². The standard InChI is InChI=1S/C24H30N2O5S/c1-17-15-26(18(2)16-27)32(28,29)24-11-10-20(13-22(24)31-23(17)14-25-3)9-8-19-6-5-7-21(12-19)30-4/h5-7,10-13,17-18,23,25,27H,14-16H2,1-4H3/t17-,18-,23-/m0/s1. The SMILES string of the molecule is CNC[C@@H]1Oc2cc(C#Cc3cccc(OC)c3)ccc2S(=O)(=O)N([C@@H](C)CO)C[C@@H]1C. The molecule has 0 saturated carbocycles. The molecule has 32 heavy (non-hydrogen) atoms. The Hall–Kier alpha value is -2.57. The number of hydrogen-bond donors (Lipinski definition) is 2. The molecule has 1 aliphatic heterocycles. The molecule has 0 spiro atoms. The number of sulfonamides is 1. The molecule has 0 aliphatic carbocycles. The van der Waals surface area contributed by atoms with Crippen molar-refractivity contribution in [2.75, 3.05) is 33.9 Å². The van der Waals surface area contributed by atoms with Crippen molar-refractivity contribution in [3.63, 3.8) is 0 Å². The molecule has 1 aliphatic rings. The van der Waals surface area contributed by atoms with Crippen molar-refractivity contribution in [2.45, 2.75) is 30.9 Å². The van der Waals surface area contributed by atoms with Crippen LogP contribution < -0.4 is 14.8 Å². The molecule has 2 N–H and O–H groups in total. The van der Waals surface area contributed by atoms with Gasteiger partial charge in [0.1, 0.15) is 22.5 Å². The van der Waals surface area contributed by atoms with Crippen molar-refractivity contribution in [3.8, 4) is 23.3 Å². The fourth-order valence-electron chi connectivity index (χ4n) is 3.59. The highest BCUT2D eigenvalue weighted by atomic mass is 32.2. The van der Waals surface area contributed by atoms with E-state index in [2.05, 4.69) is 17.2 Å². The summed E-state index contributed by atoms with van der Waals surface area (Å²) in [6.07, 6.45) is -0.246. The lowest BCUT2D eigenvalue weighted by Gasteiger charge is -2.36. The summed E-state index contributed by atoms with van der Waals surface area (Å²) in [5, 5.41) is 12.8. The Kier molecular flexibility index (Phi) is 7.80. The van der Waals surface area contributed by atoms with E-state index in [0.717, 1.165) is 5.56 Å². The minimum Gasteiger partial charge on any atom is -0.497 e. The lowest BCUT2D eigenvalue weighted by molar-refractivity contribution is 0.103. The maximum atomic E-state index is 13.4. The van der Waals surface area contributed by atoms with E-state index in [1.807, 2.05) is 38.2 Å². The number of benzene rings is 2. The second-order valence-corrected chi connectivity index (χ2v) is 9.80. The van der Waals surface area contributed by atoms with Crippen LogP contribution in [0.4, 0.5) is 0 Å². The average Bonchev–Trinajstić information content (AvgIpc) is 2.79. The van der Waals surface area contributed by atoms with E-state index in [1.165, 1.54) is 10.4 Å². The number of likely N-dealkylation sites (N-methyl/N-ethyl adjacent to an activating group) is 1. The number of nitrogens with zero attached hydrogens (tertiary/aromatic N) is 1. The smallest absolute Gasteiger partial charge is 0.247 e. The molecule has 1 heterocycles. The second kappa shape index (κ2) is 10.4. The minimum absolute atomic E-state index is 0.0812. The maximum Gasteiger partial charge on any atom is 0.247 e. The van der Waals surface area contributed by atoms with Crippen molar-refractivity contribution in [1.29, 1.82) is 0 Å². The van der Waals surface area contributed by atoms with Gasteiger partial charge < -0.3 is 19.9 Å². The maximum absolute atomic E-state index is 13.4. The second-order valence-electron chi connectivity index (χ2n) is 7.94. The van der Waals surface area contributed by atoms with E-state index in [9.17, 15) is 13.5 Å². The van der Waals surface area contributed by atoms with Gasteiger partial charge >= 0.3 is 0 Å². The van der Waals surface area contributed by atoms with Gasteiger partial charge in [-0.15, -0.1) is 0 Å². The van der Waals surface area contributed by atoms with Gasteiger partial charge in [0.25, 0.3) is 0 Å². The van der Waals surface area contributed by atoms with Crippen molar-refractivity contribution in [2.24, 2.45) is 5.92 Å². The molecule has 0 radical (unpaired) electrons. The Labute approximate surface area is 190 Å². The Morgan fingerprint density at radius 3 is 2.62 bits per heavy atom. The number of methoxy groups -OCH3 is 1. The largest absolute Gasteiger partial charge is 0.497 e. The molecular weight excluding hydrogens is 428 g/mol. The van der Waals surface area contributed by atoms with Crippen LogP contribution >= 0.6 is 0 Å². The Bertz CT molecular complexity index is 1110. The third-order valence-corrected chi connectivity index (χ3v) is 7.51. The van der Waals surface area contributed by atoms with Gasteiger partial charge in [0.2, 0.25) is 10.0 Å². The number of nitrogens with one attached hydrogen (secondary N) is 1. The van der Waals surface area contributed by atoms with Crippen LogP contribution in [0.1, 0.15) is 25.0 Å². The van der Waals surface area contributed by atoms with Crippen LogP contribution in [-0.2, 0) is 10.0 Å². The zero-order chi connectivity index (χ0) is 23.3. The predicted octanol–water partition coefficient (Wildman–Crippen LogP) is 2.08. The van der Waals surface area contributed by atoms with Gasteiger partial charge in [-0.05, 0) is 50.4 Å². The zero-order valence-corrected chi connectivity index (χ0v) is 19.6. The first-order valence-electron chi connectivity index (χ1n) is 10.5. The normalized spacial score (nSPS) is 21.2. The molecule has 7 nitrogen and oxygen atoms in total. The first-order chi connectivity index (χ1) is 15.3. The van der Waals surface area contributed by atoms with Crippen molar-refractivity contribution < 1.29 is 23.0 Å². The van der Waals surface area contributed by atoms with E-state index in [1.54, 1.807) is 26.2 Å². The molecule has 2 aromatic rings. The summed E-state index contributed by atoms with van der Waals surface area (Å²) in [6.45, 7) is 4.21. The van der Waals surface area contributed by atoms with Crippen LogP contribution in [0, 0.1) is 17.8 Å². The Morgan fingerprint density at radius 2 is 1.97 bits per heavy atom. The summed E-state index contributed by atoms with van der Waals surface area (Å²) in [6, 6.07) is 11.7. The highest BCUT2D eigenvalue weighted by Gasteiger charge is 2.37. The molecule has 2 aromatic carbocycles. The summed E-state index contributed by atoms with van der Waals surface area (Å²) >= 11 is 0. The molecule has 0 amide bonds. The van der Waals surface area contributed by atoms with Crippen molar-refractivity contribution in [1.82, 2.24) is 9.62 Å². The molecule has 0 fully saturated rings. The van der Waals surface area contributed by atoms with E-state index >= 15 is 0 Å². The van der Waals surface area contributed by atoms with Crippen molar-refractivity contribution >= 4 is 10.0 Å². The number of aliphatic hydroxyl groups excluding tert-OH is 1. The van der Waals surface area contributed by atoms with Crippen LogP contribution in [0.5, 0.6) is 11.5 Å². The molecule has 0 unspecified atom stereocenters. The zero-order valence-electron chi connectivity index (χ0n) is 18.8. The quantitative estimate of drug-likeness (QED) is 0.667. The highest BCUT2D eigenvalue weighted by Crippen LogP contribution is 2.33. The summed E-state index contributed by atoms with van der Waals surface area (Å²) in [5.41, 5.74) is 1.43. The molecule has 0 aromatic heterocycles. The molecule has 0 saturated heterocycles. The number of fused-ring (bicyclic) bond motifs is 1. The molecule has 3 atom stereocenters. The van der Waals surface area contributed by atoms with Crippen LogP contribution in [0.2, 0.25) is 0 Å². The summed E-state index contributed by atoms with van der Waals surface area (Å²) < 4.78 is 39.6. The van der Waals surface area contributed by atoms with E-state index in [-0.39, 0.29) is 35.8 Å². The summed E-state index contributed by atoms with van der Waals surface area (Å²) in [4.78, 5) is 0.0812. The molecule has 8 heteroatoms. The van der Waals surface area contributed by atoms with Gasteiger partial charge in [-0.1, -0.05) is 24.8 Å². The molecule has 3 rings (SSSR count). The van der Waals surface area contributed by atoms with Gasteiger partial charge in [0.05, 0.1) is 13.7 Å². The van der Waals surface area contributed by atoms with Crippen LogP contribution in [0.3, 0.4) is 0 Å². The molecular formula is C24H30N2O5S. The monoisotopic (exact) mass is 458 g/mol. The van der Waals surface area contributed by atoms with Gasteiger partial charge in [-0.3, -0.25) is 0 Å². The van der Waals surface area contributed by atoms with Gasteiger partial charge in [-0.2, -0.15) is 4.31 Å². The first kappa shape index (κ1) is 24.1. The van der Waals surface area contributed by atoms with Crippen LogP contribution in [0.25, 0.3) is 0 Å².